The van der Waals surface area contributed by atoms with Crippen molar-refractivity contribution in [2.45, 2.75) is 6.54 Å². The summed E-state index contributed by atoms with van der Waals surface area (Å²) in [6.45, 7) is 0.531. The fraction of sp³-hybridized carbons (Fsp3) is 0.0556. The number of halogens is 1. The van der Waals surface area contributed by atoms with E-state index in [1.807, 2.05) is 24.3 Å². The Morgan fingerprint density at radius 3 is 2.85 bits per heavy atom. The van der Waals surface area contributed by atoms with Gasteiger partial charge in [-0.2, -0.15) is 10.2 Å². The van der Waals surface area contributed by atoms with Gasteiger partial charge in [-0.25, -0.2) is 5.43 Å². The molecular formula is C18H14BrN5O3. The molecule has 1 heterocycles. The number of hydrogen-bond donors (Lipinski definition) is 1. The van der Waals surface area contributed by atoms with E-state index in [1.165, 1.54) is 18.3 Å². The van der Waals surface area contributed by atoms with Crippen LogP contribution in [0, 0.1) is 10.1 Å². The lowest BCUT2D eigenvalue weighted by molar-refractivity contribution is -0.384. The topological polar surface area (TPSA) is 102 Å². The van der Waals surface area contributed by atoms with Crippen molar-refractivity contribution in [1.29, 1.82) is 0 Å². The number of amides is 1. The summed E-state index contributed by atoms with van der Waals surface area (Å²) in [5.74, 6) is -0.468. The highest BCUT2D eigenvalue weighted by molar-refractivity contribution is 9.10. The Kier molecular flexibility index (Phi) is 5.72. The number of benzene rings is 2. The number of hydrazone groups is 1. The molecule has 0 unspecified atom stereocenters. The van der Waals surface area contributed by atoms with Crippen molar-refractivity contribution in [2.75, 3.05) is 0 Å². The molecule has 1 N–H and O–H groups in total. The molecule has 0 fully saturated rings. The molecule has 27 heavy (non-hydrogen) atoms. The number of hydrogen-bond acceptors (Lipinski definition) is 5. The molecule has 0 aliphatic heterocycles. The highest BCUT2D eigenvalue weighted by Gasteiger charge is 2.09. The van der Waals surface area contributed by atoms with Crippen LogP contribution in [-0.4, -0.2) is 26.8 Å². The molecule has 0 radical (unpaired) electrons. The lowest BCUT2D eigenvalue weighted by Gasteiger charge is -2.02. The summed E-state index contributed by atoms with van der Waals surface area (Å²) >= 11 is 3.42. The first-order valence-electron chi connectivity index (χ1n) is 7.87. The van der Waals surface area contributed by atoms with Crippen LogP contribution in [0.4, 0.5) is 5.69 Å². The highest BCUT2D eigenvalue weighted by atomic mass is 79.9. The van der Waals surface area contributed by atoms with Crippen LogP contribution in [0.15, 0.2) is 70.4 Å². The number of non-ortho nitro benzene ring substituents is 1. The van der Waals surface area contributed by atoms with Crippen molar-refractivity contribution in [3.05, 3.63) is 92.2 Å². The van der Waals surface area contributed by atoms with Gasteiger partial charge >= 0.3 is 0 Å². The van der Waals surface area contributed by atoms with Crippen LogP contribution in [0.3, 0.4) is 0 Å². The number of nitro groups is 1. The van der Waals surface area contributed by atoms with E-state index in [9.17, 15) is 14.9 Å². The minimum Gasteiger partial charge on any atom is -0.268 e. The minimum atomic E-state index is -0.492. The zero-order valence-corrected chi connectivity index (χ0v) is 15.5. The summed E-state index contributed by atoms with van der Waals surface area (Å²) in [6.07, 6.45) is 3.05. The van der Waals surface area contributed by atoms with Gasteiger partial charge in [0.15, 0.2) is 5.69 Å². The van der Waals surface area contributed by atoms with Crippen LogP contribution >= 0.6 is 15.9 Å². The van der Waals surface area contributed by atoms with Crippen molar-refractivity contribution in [1.82, 2.24) is 15.2 Å². The molecule has 1 aromatic heterocycles. The van der Waals surface area contributed by atoms with Crippen molar-refractivity contribution in [3.8, 4) is 0 Å². The maximum absolute atomic E-state index is 12.1. The monoisotopic (exact) mass is 427 g/mol. The Balaban J connectivity index is 1.61. The lowest BCUT2D eigenvalue weighted by Crippen LogP contribution is -2.18. The maximum Gasteiger partial charge on any atom is 0.291 e. The summed E-state index contributed by atoms with van der Waals surface area (Å²) in [6, 6.07) is 15.3. The number of rotatable bonds is 6. The zero-order chi connectivity index (χ0) is 19.2. The SMILES string of the molecule is O=C(N/N=C/c1cccc([N+](=O)[O-])c1)c1ccn(Cc2cccc(Br)c2)n1. The summed E-state index contributed by atoms with van der Waals surface area (Å²) in [5.41, 5.74) is 4.09. The van der Waals surface area contributed by atoms with Crippen LogP contribution in [0.2, 0.25) is 0 Å². The first-order chi connectivity index (χ1) is 13.0. The fourth-order valence-corrected chi connectivity index (χ4v) is 2.78. The molecule has 0 aliphatic rings. The van der Waals surface area contributed by atoms with E-state index in [2.05, 4.69) is 31.6 Å². The molecule has 0 saturated heterocycles. The number of nitro benzene ring substituents is 1. The quantitative estimate of drug-likeness (QED) is 0.370. The molecule has 3 aromatic rings. The molecule has 136 valence electrons. The van der Waals surface area contributed by atoms with E-state index in [1.54, 1.807) is 29.1 Å². The normalized spacial score (nSPS) is 10.9. The third kappa shape index (κ3) is 5.08. The van der Waals surface area contributed by atoms with E-state index in [0.717, 1.165) is 10.0 Å². The van der Waals surface area contributed by atoms with Crippen LogP contribution in [0.25, 0.3) is 0 Å². The van der Waals surface area contributed by atoms with E-state index in [0.29, 0.717) is 12.1 Å². The van der Waals surface area contributed by atoms with Gasteiger partial charge in [-0.3, -0.25) is 19.6 Å². The number of aromatic nitrogens is 2. The Labute approximate surface area is 162 Å². The Bertz CT molecular complexity index is 1020. The van der Waals surface area contributed by atoms with Crippen molar-refractivity contribution in [3.63, 3.8) is 0 Å². The van der Waals surface area contributed by atoms with Gasteiger partial charge in [0, 0.05) is 28.4 Å². The molecule has 0 spiro atoms. The van der Waals surface area contributed by atoms with Gasteiger partial charge in [0.25, 0.3) is 11.6 Å². The van der Waals surface area contributed by atoms with Gasteiger partial charge in [-0.1, -0.05) is 40.2 Å². The predicted octanol–water partition coefficient (Wildman–Crippen LogP) is 3.37. The lowest BCUT2D eigenvalue weighted by atomic mass is 10.2. The molecule has 0 aliphatic carbocycles. The van der Waals surface area contributed by atoms with Gasteiger partial charge in [0.05, 0.1) is 17.7 Å². The van der Waals surface area contributed by atoms with Crippen molar-refractivity contribution < 1.29 is 9.72 Å². The summed E-state index contributed by atoms with van der Waals surface area (Å²) in [5, 5.41) is 18.8. The smallest absolute Gasteiger partial charge is 0.268 e. The van der Waals surface area contributed by atoms with Crippen molar-refractivity contribution >= 4 is 33.7 Å². The van der Waals surface area contributed by atoms with E-state index < -0.39 is 10.8 Å². The average Bonchev–Trinajstić information content (AvgIpc) is 3.10. The van der Waals surface area contributed by atoms with Crippen LogP contribution < -0.4 is 5.43 Å². The molecule has 1 amide bonds. The standard InChI is InChI=1S/C18H14BrN5O3/c19-15-5-1-4-14(9-15)12-23-8-7-17(22-23)18(25)21-20-11-13-3-2-6-16(10-13)24(26)27/h1-11H,12H2,(H,21,25)/b20-11+. The zero-order valence-electron chi connectivity index (χ0n) is 13.9. The molecule has 2 aromatic carbocycles. The molecule has 9 heteroatoms. The molecular weight excluding hydrogens is 414 g/mol. The van der Waals surface area contributed by atoms with Gasteiger partial charge in [-0.05, 0) is 23.8 Å². The van der Waals surface area contributed by atoms with E-state index >= 15 is 0 Å². The van der Waals surface area contributed by atoms with E-state index in [-0.39, 0.29) is 11.4 Å². The van der Waals surface area contributed by atoms with Crippen LogP contribution in [-0.2, 0) is 6.54 Å². The number of nitrogens with one attached hydrogen (secondary N) is 1. The van der Waals surface area contributed by atoms with Crippen LogP contribution in [0.1, 0.15) is 21.6 Å². The largest absolute Gasteiger partial charge is 0.291 e. The predicted molar refractivity (Wildman–Crippen MR) is 104 cm³/mol. The van der Waals surface area contributed by atoms with Crippen LogP contribution in [0.5, 0.6) is 0 Å². The molecule has 3 rings (SSSR count). The number of carbonyl (C=O) groups is 1. The molecule has 8 nitrogen and oxygen atoms in total. The third-order valence-corrected chi connectivity index (χ3v) is 4.06. The van der Waals surface area contributed by atoms with Gasteiger partial charge in [0.1, 0.15) is 0 Å². The second-order valence-electron chi connectivity index (χ2n) is 5.58. The number of carbonyl (C=O) groups excluding carboxylic acids is 1. The molecule has 0 atom stereocenters. The number of nitrogens with zero attached hydrogens (tertiary/aromatic N) is 4. The minimum absolute atomic E-state index is 0.0448. The first-order valence-corrected chi connectivity index (χ1v) is 8.66. The van der Waals surface area contributed by atoms with E-state index in [4.69, 9.17) is 0 Å². The summed E-state index contributed by atoms with van der Waals surface area (Å²) in [7, 11) is 0. The first kappa shape index (κ1) is 18.5. The van der Waals surface area contributed by atoms with Gasteiger partial charge in [-0.15, -0.1) is 0 Å². The fourth-order valence-electron chi connectivity index (χ4n) is 2.33. The van der Waals surface area contributed by atoms with Gasteiger partial charge < -0.3 is 0 Å². The Morgan fingerprint density at radius 2 is 2.07 bits per heavy atom. The summed E-state index contributed by atoms with van der Waals surface area (Å²) in [4.78, 5) is 22.4. The Hall–Kier alpha value is -3.33. The average molecular weight is 428 g/mol. The molecule has 0 saturated carbocycles. The Morgan fingerprint density at radius 1 is 1.26 bits per heavy atom. The highest BCUT2D eigenvalue weighted by Crippen LogP contribution is 2.13. The molecule has 0 bridgehead atoms. The maximum atomic E-state index is 12.1. The summed E-state index contributed by atoms with van der Waals surface area (Å²) < 4.78 is 2.63. The third-order valence-electron chi connectivity index (χ3n) is 3.57. The second kappa shape index (κ2) is 8.37. The second-order valence-corrected chi connectivity index (χ2v) is 6.50. The van der Waals surface area contributed by atoms with Gasteiger partial charge in [0.2, 0.25) is 0 Å². The van der Waals surface area contributed by atoms with Crippen molar-refractivity contribution in [2.24, 2.45) is 5.10 Å².